The molecule has 0 aliphatic heterocycles. The number of unbranched alkanes of at least 4 members (excludes halogenated alkanes) is 5. The average Bonchev–Trinajstić information content (AvgIpc) is 2.65. The number of rotatable bonds is 14. The van der Waals surface area contributed by atoms with Gasteiger partial charge in [0.25, 0.3) is 0 Å². The van der Waals surface area contributed by atoms with E-state index >= 15 is 0 Å². The molecule has 0 fully saturated rings. The van der Waals surface area contributed by atoms with Gasteiger partial charge in [0.15, 0.2) is 12.6 Å². The van der Waals surface area contributed by atoms with Crippen LogP contribution in [0.25, 0.3) is 0 Å². The molecule has 0 spiro atoms. The summed E-state index contributed by atoms with van der Waals surface area (Å²) in [5, 5.41) is -7.00. The van der Waals surface area contributed by atoms with E-state index in [9.17, 15) is 47.9 Å². The minimum atomic E-state index is -7.37. The monoisotopic (exact) mass is 532 g/mol. The van der Waals surface area contributed by atoms with Crippen molar-refractivity contribution < 1.29 is 66.7 Å². The summed E-state index contributed by atoms with van der Waals surface area (Å²) in [6.07, 6.45) is 0.201. The Morgan fingerprint density at radius 2 is 1.24 bits per heavy atom. The van der Waals surface area contributed by atoms with Crippen molar-refractivity contribution in [1.29, 1.82) is 0 Å². The molecule has 0 saturated carbocycles. The van der Waals surface area contributed by atoms with E-state index in [2.05, 4.69) is 6.92 Å². The van der Waals surface area contributed by atoms with Crippen molar-refractivity contribution in [3.63, 3.8) is 0 Å². The van der Waals surface area contributed by atoms with Crippen LogP contribution in [0.2, 0.25) is 0 Å². The highest BCUT2D eigenvalue weighted by atomic mass is 32.2. The first-order valence-electron chi connectivity index (χ1n) is 9.67. The third-order valence-electron chi connectivity index (χ3n) is 4.01. The lowest BCUT2D eigenvalue weighted by atomic mass is 10.1. The van der Waals surface area contributed by atoms with Gasteiger partial charge in [-0.25, -0.2) is 0 Å². The van der Waals surface area contributed by atoms with Crippen LogP contribution in [0.15, 0.2) is 0 Å². The van der Waals surface area contributed by atoms with E-state index < -0.39 is 33.4 Å². The van der Waals surface area contributed by atoms with Crippen LogP contribution in [-0.2, 0) is 24.3 Å². The predicted molar refractivity (Wildman–Crippen MR) is 98.8 cm³/mol. The van der Waals surface area contributed by atoms with Crippen molar-refractivity contribution in [2.45, 2.75) is 95.2 Å². The second-order valence-electron chi connectivity index (χ2n) is 6.78. The van der Waals surface area contributed by atoms with E-state index in [0.717, 1.165) is 13.0 Å². The first-order valence-corrected chi connectivity index (χ1v) is 11.1. The first kappa shape index (κ1) is 34.3. The molecule has 6 nitrogen and oxygen atoms in total. The Morgan fingerprint density at radius 1 is 0.788 bits per heavy atom. The van der Waals surface area contributed by atoms with Gasteiger partial charge in [-0.05, 0) is 20.3 Å². The molecule has 0 amide bonds. The van der Waals surface area contributed by atoms with Crippen molar-refractivity contribution in [2.75, 3.05) is 13.7 Å². The third-order valence-corrected chi connectivity index (χ3v) is 4.91. The van der Waals surface area contributed by atoms with Gasteiger partial charge in [-0.2, -0.15) is 47.9 Å². The lowest BCUT2D eigenvalue weighted by Gasteiger charge is -2.31. The molecule has 202 valence electrons. The third kappa shape index (κ3) is 10.5. The fourth-order valence-corrected chi connectivity index (χ4v) is 2.47. The Bertz CT molecular complexity index is 641. The van der Waals surface area contributed by atoms with Crippen LogP contribution < -0.4 is 0 Å². The summed E-state index contributed by atoms with van der Waals surface area (Å²) >= 11 is 0. The number of ether oxygens (including phenoxy) is 3. The van der Waals surface area contributed by atoms with Gasteiger partial charge in [0.2, 0.25) is 0 Å². The van der Waals surface area contributed by atoms with Gasteiger partial charge in [-0.3, -0.25) is 4.55 Å². The van der Waals surface area contributed by atoms with Gasteiger partial charge in [-0.15, -0.1) is 0 Å². The van der Waals surface area contributed by atoms with Gasteiger partial charge < -0.3 is 14.2 Å². The molecule has 0 aliphatic rings. The molecule has 0 aromatic carbocycles. The Kier molecular flexibility index (Phi) is 14.5. The molecule has 1 N–H and O–H groups in total. The smallest absolute Gasteiger partial charge is 0.356 e. The number of hydrogen-bond acceptors (Lipinski definition) is 5. The topological polar surface area (TPSA) is 82.1 Å². The molecule has 0 radical (unpaired) electrons. The van der Waals surface area contributed by atoms with Crippen LogP contribution in [-0.4, -0.2) is 62.5 Å². The van der Waals surface area contributed by atoms with E-state index in [0.29, 0.717) is 0 Å². The molecular weight excluding hydrogens is 503 g/mol. The van der Waals surface area contributed by atoms with Crippen molar-refractivity contribution >= 4 is 10.1 Å². The fraction of sp³-hybridized carbons (Fsp3) is 1.00. The summed E-state index contributed by atoms with van der Waals surface area (Å²) in [5.74, 6) is -14.7. The summed E-state index contributed by atoms with van der Waals surface area (Å²) in [6.45, 7) is 6.79. The normalized spacial score (nSPS) is 15.6. The lowest BCUT2D eigenvalue weighted by Crippen LogP contribution is -2.63. The molecule has 0 heterocycles. The molecule has 16 heteroatoms. The molecule has 33 heavy (non-hydrogen) atoms. The van der Waals surface area contributed by atoms with Gasteiger partial charge >= 0.3 is 33.4 Å². The van der Waals surface area contributed by atoms with Crippen LogP contribution in [0, 0.1) is 0 Å². The highest BCUT2D eigenvalue weighted by molar-refractivity contribution is 7.87. The summed E-state index contributed by atoms with van der Waals surface area (Å²) < 4.78 is 150. The Balaban J connectivity index is 0. The quantitative estimate of drug-likeness (QED) is 0.128. The van der Waals surface area contributed by atoms with E-state index in [1.54, 1.807) is 7.11 Å². The molecule has 2 atom stereocenters. The Labute approximate surface area is 186 Å². The van der Waals surface area contributed by atoms with Gasteiger partial charge in [-0.1, -0.05) is 39.0 Å². The highest BCUT2D eigenvalue weighted by Gasteiger charge is 2.85. The standard InChI is InChI=1S/C13H28O3.C4HF9O3S/c1-5-6-7-8-9-10-11-15-13(3)16-12(2)14-4;5-1(6,3(9,10)11)2(7,8)4(12,13)17(14,15)16/h12-13H,5-11H2,1-4H3;(H,14,15,16). The number of halogens is 9. The van der Waals surface area contributed by atoms with E-state index in [1.807, 2.05) is 13.8 Å². The molecule has 0 aromatic rings. The molecule has 2 unspecified atom stereocenters. The van der Waals surface area contributed by atoms with Gasteiger partial charge in [0, 0.05) is 13.7 Å². The van der Waals surface area contributed by atoms with Gasteiger partial charge in [0.05, 0.1) is 0 Å². The zero-order valence-electron chi connectivity index (χ0n) is 18.4. The van der Waals surface area contributed by atoms with Crippen LogP contribution in [0.4, 0.5) is 39.5 Å². The maximum atomic E-state index is 12.2. The highest BCUT2D eigenvalue weighted by Crippen LogP contribution is 2.54. The number of hydrogen-bond donors (Lipinski definition) is 1. The SMILES string of the molecule is CCCCCCCCOC(C)OC(C)OC.O=S(=O)(O)C(F)(F)C(F)(F)C(F)(F)C(F)(F)F. The van der Waals surface area contributed by atoms with E-state index in [1.165, 1.54) is 32.1 Å². The summed E-state index contributed by atoms with van der Waals surface area (Å²) in [5.41, 5.74) is 0. The second-order valence-corrected chi connectivity index (χ2v) is 8.25. The average molecular weight is 532 g/mol. The van der Waals surface area contributed by atoms with Crippen molar-refractivity contribution in [3.05, 3.63) is 0 Å². The molecule has 0 rings (SSSR count). The maximum Gasteiger partial charge on any atom is 0.460 e. The van der Waals surface area contributed by atoms with Gasteiger partial charge in [0.1, 0.15) is 0 Å². The molecule has 0 aliphatic carbocycles. The first-order chi connectivity index (χ1) is 14.7. The maximum absolute atomic E-state index is 12.2. The largest absolute Gasteiger partial charge is 0.460 e. The molecule has 0 aromatic heterocycles. The van der Waals surface area contributed by atoms with Crippen LogP contribution in [0.3, 0.4) is 0 Å². The van der Waals surface area contributed by atoms with E-state index in [-0.39, 0.29) is 12.6 Å². The zero-order valence-corrected chi connectivity index (χ0v) is 19.2. The number of methoxy groups -OCH3 is 1. The molecule has 0 saturated heterocycles. The lowest BCUT2D eigenvalue weighted by molar-refractivity contribution is -0.382. The summed E-state index contributed by atoms with van der Waals surface area (Å²) in [7, 11) is -5.54. The van der Waals surface area contributed by atoms with E-state index in [4.69, 9.17) is 18.8 Å². The Morgan fingerprint density at radius 3 is 1.64 bits per heavy atom. The van der Waals surface area contributed by atoms with Crippen molar-refractivity contribution in [2.24, 2.45) is 0 Å². The van der Waals surface area contributed by atoms with Crippen molar-refractivity contribution in [3.8, 4) is 0 Å². The summed E-state index contributed by atoms with van der Waals surface area (Å²) in [4.78, 5) is 0. The molecular formula is C17H29F9O6S. The summed E-state index contributed by atoms with van der Waals surface area (Å²) in [6, 6.07) is 0. The van der Waals surface area contributed by atoms with Crippen LogP contribution in [0.5, 0.6) is 0 Å². The Hall–Kier alpha value is -0.840. The molecule has 0 bridgehead atoms. The van der Waals surface area contributed by atoms with Crippen LogP contribution in [0.1, 0.15) is 59.3 Å². The minimum absolute atomic E-state index is 0.175. The van der Waals surface area contributed by atoms with Crippen LogP contribution >= 0.6 is 0 Å². The van der Waals surface area contributed by atoms with Crippen molar-refractivity contribution in [1.82, 2.24) is 0 Å². The zero-order chi connectivity index (χ0) is 26.7. The minimum Gasteiger partial charge on any atom is -0.356 e. The second kappa shape index (κ2) is 13.9. The fourth-order valence-electron chi connectivity index (χ4n) is 2.02. The predicted octanol–water partition coefficient (Wildman–Crippen LogP) is 6.02. The number of alkyl halides is 9.